The number of H-pyrrole nitrogens is 1. The Morgan fingerprint density at radius 1 is 1.41 bits per heavy atom. The molecule has 5 heteroatoms. The van der Waals surface area contributed by atoms with Gasteiger partial charge in [0.15, 0.2) is 0 Å². The first-order valence-corrected chi connectivity index (χ1v) is 5.98. The van der Waals surface area contributed by atoms with Gasteiger partial charge >= 0.3 is 0 Å². The van der Waals surface area contributed by atoms with Gasteiger partial charge < -0.3 is 15.4 Å². The van der Waals surface area contributed by atoms with Gasteiger partial charge in [-0.1, -0.05) is 0 Å². The van der Waals surface area contributed by atoms with E-state index in [1.807, 2.05) is 13.8 Å². The number of unbranched alkanes of at least 4 members (excludes halogenated alkanes) is 1. The topological polar surface area (TPSA) is 78.0 Å². The second-order valence-electron chi connectivity index (χ2n) is 4.26. The second kappa shape index (κ2) is 6.51. The summed E-state index contributed by atoms with van der Waals surface area (Å²) in [4.78, 5) is 18.8. The Bertz CT molecular complexity index is 415. The van der Waals surface area contributed by atoms with Gasteiger partial charge in [-0.05, 0) is 40.2 Å². The Labute approximate surface area is 101 Å². The molecule has 96 valence electrons. The van der Waals surface area contributed by atoms with Crippen LogP contribution >= 0.6 is 0 Å². The summed E-state index contributed by atoms with van der Waals surface area (Å²) in [5.74, 6) is 0.642. The molecule has 0 aliphatic carbocycles. The van der Waals surface area contributed by atoms with E-state index in [0.29, 0.717) is 11.4 Å². The molecule has 0 fully saturated rings. The lowest BCUT2D eigenvalue weighted by molar-refractivity contribution is 0.283. The maximum absolute atomic E-state index is 11.8. The van der Waals surface area contributed by atoms with E-state index in [0.717, 1.165) is 25.1 Å². The van der Waals surface area contributed by atoms with Gasteiger partial charge in [-0.25, -0.2) is 4.98 Å². The molecule has 1 aromatic rings. The van der Waals surface area contributed by atoms with Gasteiger partial charge in [0.05, 0.1) is 5.56 Å². The van der Waals surface area contributed by atoms with Crippen molar-refractivity contribution in [1.29, 1.82) is 0 Å². The number of nitrogens with zero attached hydrogens (tertiary/aromatic N) is 1. The third-order valence-electron chi connectivity index (χ3n) is 2.73. The molecule has 1 rings (SSSR count). The fraction of sp³-hybridized carbons (Fsp3) is 0.667. The predicted octanol–water partition coefficient (Wildman–Crippen LogP) is 0.810. The molecule has 1 aromatic heterocycles. The summed E-state index contributed by atoms with van der Waals surface area (Å²) >= 11 is 0. The first kappa shape index (κ1) is 13.9. The number of hydrogen-bond acceptors (Lipinski definition) is 4. The van der Waals surface area contributed by atoms with E-state index < -0.39 is 0 Å². The van der Waals surface area contributed by atoms with Crippen LogP contribution in [-0.4, -0.2) is 28.2 Å². The van der Waals surface area contributed by atoms with Crippen molar-refractivity contribution in [3.05, 3.63) is 27.4 Å². The molecule has 1 unspecified atom stereocenters. The number of rotatable bonds is 6. The van der Waals surface area contributed by atoms with Crippen LogP contribution < -0.4 is 10.9 Å². The largest absolute Gasteiger partial charge is 0.396 e. The first-order chi connectivity index (χ1) is 8.06. The molecule has 0 spiro atoms. The highest BCUT2D eigenvalue weighted by atomic mass is 16.2. The maximum Gasteiger partial charge on any atom is 0.255 e. The van der Waals surface area contributed by atoms with Gasteiger partial charge in [-0.15, -0.1) is 0 Å². The van der Waals surface area contributed by atoms with Crippen molar-refractivity contribution in [2.24, 2.45) is 0 Å². The summed E-state index contributed by atoms with van der Waals surface area (Å²) in [6.45, 7) is 6.57. The highest BCUT2D eigenvalue weighted by molar-refractivity contribution is 5.19. The predicted molar refractivity (Wildman–Crippen MR) is 67.1 cm³/mol. The number of aromatic amines is 1. The van der Waals surface area contributed by atoms with E-state index in [2.05, 4.69) is 15.3 Å². The lowest BCUT2D eigenvalue weighted by Crippen LogP contribution is -2.28. The zero-order valence-corrected chi connectivity index (χ0v) is 10.7. The molecule has 0 aromatic carbocycles. The number of aliphatic hydroxyl groups excluding tert-OH is 1. The average molecular weight is 239 g/mol. The minimum Gasteiger partial charge on any atom is -0.396 e. The Hall–Kier alpha value is -1.20. The fourth-order valence-corrected chi connectivity index (χ4v) is 1.90. The normalized spacial score (nSPS) is 12.7. The summed E-state index contributed by atoms with van der Waals surface area (Å²) in [5.41, 5.74) is 1.39. The van der Waals surface area contributed by atoms with E-state index in [1.54, 1.807) is 6.92 Å². The second-order valence-corrected chi connectivity index (χ2v) is 4.26. The van der Waals surface area contributed by atoms with Crippen LogP contribution in [0.3, 0.4) is 0 Å². The van der Waals surface area contributed by atoms with Crippen molar-refractivity contribution < 1.29 is 5.11 Å². The number of aliphatic hydroxyl groups is 1. The average Bonchev–Trinajstić information content (AvgIpc) is 2.23. The van der Waals surface area contributed by atoms with E-state index in [9.17, 15) is 4.79 Å². The zero-order chi connectivity index (χ0) is 12.8. The molecule has 1 atom stereocenters. The molecular formula is C12H21N3O2. The smallest absolute Gasteiger partial charge is 0.255 e. The molecule has 3 N–H and O–H groups in total. The number of hydrogen-bond donors (Lipinski definition) is 3. The van der Waals surface area contributed by atoms with Crippen molar-refractivity contribution in [1.82, 2.24) is 15.3 Å². The zero-order valence-electron chi connectivity index (χ0n) is 10.7. The monoisotopic (exact) mass is 239 g/mol. The SMILES string of the molecule is Cc1nc(C)c(C(C)NCCCCO)c(=O)[nH]1. The van der Waals surface area contributed by atoms with Crippen LogP contribution in [0.15, 0.2) is 4.79 Å². The van der Waals surface area contributed by atoms with Crippen molar-refractivity contribution in [2.75, 3.05) is 13.2 Å². The van der Waals surface area contributed by atoms with Crippen molar-refractivity contribution in [3.63, 3.8) is 0 Å². The molecule has 0 saturated heterocycles. The lowest BCUT2D eigenvalue weighted by Gasteiger charge is -2.15. The number of nitrogens with one attached hydrogen (secondary N) is 2. The molecule has 0 radical (unpaired) electrons. The summed E-state index contributed by atoms with van der Waals surface area (Å²) in [6.07, 6.45) is 1.68. The van der Waals surface area contributed by atoms with E-state index in [-0.39, 0.29) is 18.2 Å². The quantitative estimate of drug-likeness (QED) is 0.642. The summed E-state index contributed by atoms with van der Waals surface area (Å²) in [7, 11) is 0. The van der Waals surface area contributed by atoms with Gasteiger partial charge in [0.2, 0.25) is 0 Å². The molecule has 17 heavy (non-hydrogen) atoms. The molecule has 0 bridgehead atoms. The number of aryl methyl sites for hydroxylation is 2. The van der Waals surface area contributed by atoms with Crippen LogP contribution in [0.5, 0.6) is 0 Å². The van der Waals surface area contributed by atoms with Crippen molar-refractivity contribution in [3.8, 4) is 0 Å². The first-order valence-electron chi connectivity index (χ1n) is 5.98. The summed E-state index contributed by atoms with van der Waals surface area (Å²) in [6, 6.07) is -0.0226. The van der Waals surface area contributed by atoms with Crippen LogP contribution in [0, 0.1) is 13.8 Å². The van der Waals surface area contributed by atoms with Crippen molar-refractivity contribution in [2.45, 2.75) is 39.7 Å². The third kappa shape index (κ3) is 3.94. The van der Waals surface area contributed by atoms with Gasteiger partial charge in [-0.3, -0.25) is 4.79 Å². The fourth-order valence-electron chi connectivity index (χ4n) is 1.90. The molecule has 0 saturated carbocycles. The minimum absolute atomic E-state index is 0.0226. The summed E-state index contributed by atoms with van der Waals surface area (Å²) in [5, 5.41) is 11.9. The third-order valence-corrected chi connectivity index (χ3v) is 2.73. The Morgan fingerprint density at radius 3 is 2.71 bits per heavy atom. The van der Waals surface area contributed by atoms with Crippen LogP contribution in [0.1, 0.15) is 42.9 Å². The van der Waals surface area contributed by atoms with Crippen LogP contribution in [0.4, 0.5) is 0 Å². The molecule has 0 aliphatic heterocycles. The highest BCUT2D eigenvalue weighted by Gasteiger charge is 2.13. The highest BCUT2D eigenvalue weighted by Crippen LogP contribution is 2.10. The van der Waals surface area contributed by atoms with Crippen LogP contribution in [0.25, 0.3) is 0 Å². The van der Waals surface area contributed by atoms with Gasteiger partial charge in [-0.2, -0.15) is 0 Å². The van der Waals surface area contributed by atoms with Crippen LogP contribution in [-0.2, 0) is 0 Å². The molecule has 0 amide bonds. The Morgan fingerprint density at radius 2 is 2.12 bits per heavy atom. The van der Waals surface area contributed by atoms with E-state index >= 15 is 0 Å². The van der Waals surface area contributed by atoms with E-state index in [4.69, 9.17) is 5.11 Å². The molecular weight excluding hydrogens is 218 g/mol. The van der Waals surface area contributed by atoms with Gasteiger partial charge in [0.25, 0.3) is 5.56 Å². The standard InChI is InChI=1S/C12H21N3O2/c1-8(13-6-4-5-7-16)11-9(2)14-10(3)15-12(11)17/h8,13,16H,4-7H2,1-3H3,(H,14,15,17). The number of aromatic nitrogens is 2. The molecule has 1 heterocycles. The molecule has 5 nitrogen and oxygen atoms in total. The molecule has 0 aliphatic rings. The van der Waals surface area contributed by atoms with E-state index in [1.165, 1.54) is 0 Å². The van der Waals surface area contributed by atoms with Gasteiger partial charge in [0, 0.05) is 18.3 Å². The van der Waals surface area contributed by atoms with Crippen LogP contribution in [0.2, 0.25) is 0 Å². The Balaban J connectivity index is 2.69. The lowest BCUT2D eigenvalue weighted by atomic mass is 10.1. The minimum atomic E-state index is -0.0721. The maximum atomic E-state index is 11.8. The van der Waals surface area contributed by atoms with Gasteiger partial charge in [0.1, 0.15) is 5.82 Å². The van der Waals surface area contributed by atoms with Crippen molar-refractivity contribution >= 4 is 0 Å². The summed E-state index contributed by atoms with van der Waals surface area (Å²) < 4.78 is 0. The Kier molecular flexibility index (Phi) is 5.31.